The number of ether oxygens (including phenoxy) is 1. The summed E-state index contributed by atoms with van der Waals surface area (Å²) >= 11 is 0. The van der Waals surface area contributed by atoms with E-state index >= 15 is 0 Å². The van der Waals surface area contributed by atoms with Crippen molar-refractivity contribution in [2.24, 2.45) is 0 Å². The molecule has 34 heavy (non-hydrogen) atoms. The summed E-state index contributed by atoms with van der Waals surface area (Å²) in [6, 6.07) is 21.2. The number of hydrogen-bond acceptors (Lipinski definition) is 4. The quantitative estimate of drug-likeness (QED) is 0.481. The normalized spacial score (nSPS) is 15.4. The number of carbonyl (C=O) groups excluding carboxylic acids is 3. The van der Waals surface area contributed by atoms with Crippen molar-refractivity contribution < 1.29 is 19.1 Å². The molecule has 2 atom stereocenters. The number of rotatable bonds is 6. The van der Waals surface area contributed by atoms with Gasteiger partial charge in [-0.15, -0.1) is 0 Å². The highest BCUT2D eigenvalue weighted by molar-refractivity contribution is 6.02. The third-order valence-electron chi connectivity index (χ3n) is 6.09. The predicted octanol–water partition coefficient (Wildman–Crippen LogP) is 5.47. The van der Waals surface area contributed by atoms with Crippen LogP contribution in [-0.4, -0.2) is 36.0 Å². The highest BCUT2D eigenvalue weighted by Crippen LogP contribution is 2.38. The minimum absolute atomic E-state index is 0.169. The van der Waals surface area contributed by atoms with E-state index in [-0.39, 0.29) is 18.0 Å². The Morgan fingerprint density at radius 3 is 2.18 bits per heavy atom. The summed E-state index contributed by atoms with van der Waals surface area (Å²) in [5, 5.41) is 5.59. The van der Waals surface area contributed by atoms with Crippen molar-refractivity contribution in [1.29, 1.82) is 0 Å². The van der Waals surface area contributed by atoms with Crippen LogP contribution in [0, 0.1) is 0 Å². The van der Waals surface area contributed by atoms with Gasteiger partial charge in [0.15, 0.2) is 0 Å². The van der Waals surface area contributed by atoms with E-state index in [2.05, 4.69) is 10.6 Å². The van der Waals surface area contributed by atoms with Crippen LogP contribution in [0.5, 0.6) is 0 Å². The van der Waals surface area contributed by atoms with E-state index in [1.165, 1.54) is 7.11 Å². The van der Waals surface area contributed by atoms with Gasteiger partial charge in [-0.1, -0.05) is 49.4 Å². The second kappa shape index (κ2) is 9.79. The lowest BCUT2D eigenvalue weighted by atomic mass is 9.98. The van der Waals surface area contributed by atoms with Crippen LogP contribution in [0.15, 0.2) is 72.8 Å². The Labute approximate surface area is 198 Å². The van der Waals surface area contributed by atoms with Gasteiger partial charge in [-0.2, -0.15) is 0 Å². The van der Waals surface area contributed by atoms with Crippen LogP contribution in [0.2, 0.25) is 0 Å². The van der Waals surface area contributed by atoms with Gasteiger partial charge in [0.25, 0.3) is 5.91 Å². The molecule has 0 radical (unpaired) electrons. The molecule has 7 nitrogen and oxygen atoms in total. The Balaban J connectivity index is 1.50. The average Bonchev–Trinajstić information content (AvgIpc) is 3.10. The smallest absolute Gasteiger partial charge is 0.328 e. The zero-order chi connectivity index (χ0) is 24.2. The first kappa shape index (κ1) is 23.0. The van der Waals surface area contributed by atoms with E-state index in [0.717, 1.165) is 16.7 Å². The summed E-state index contributed by atoms with van der Waals surface area (Å²) < 4.78 is 4.91. The molecule has 3 amide bonds. The Kier molecular flexibility index (Phi) is 6.63. The molecule has 0 aliphatic carbocycles. The van der Waals surface area contributed by atoms with Crippen LogP contribution >= 0.6 is 0 Å². The van der Waals surface area contributed by atoms with E-state index < -0.39 is 12.0 Å². The molecule has 174 valence electrons. The molecule has 0 fully saturated rings. The molecule has 4 rings (SSSR count). The number of nitrogens with one attached hydrogen (secondary N) is 2. The molecule has 1 aliphatic heterocycles. The summed E-state index contributed by atoms with van der Waals surface area (Å²) in [5.41, 5.74) is 4.64. The number of para-hydroxylation sites is 1. The number of esters is 1. The van der Waals surface area contributed by atoms with Crippen molar-refractivity contribution in [1.82, 2.24) is 4.90 Å². The topological polar surface area (TPSA) is 87.7 Å². The van der Waals surface area contributed by atoms with Gasteiger partial charge in [0.1, 0.15) is 6.04 Å². The average molecular weight is 458 g/mol. The maximum absolute atomic E-state index is 13.2. The highest BCUT2D eigenvalue weighted by atomic mass is 16.5. The number of hydrogen-bond donors (Lipinski definition) is 2. The fourth-order valence-corrected chi connectivity index (χ4v) is 4.34. The van der Waals surface area contributed by atoms with E-state index in [1.807, 2.05) is 86.6 Å². The van der Waals surface area contributed by atoms with Crippen molar-refractivity contribution in [2.75, 3.05) is 17.7 Å². The number of amides is 3. The minimum Gasteiger partial charge on any atom is -0.467 e. The molecule has 2 N–H and O–H groups in total. The Morgan fingerprint density at radius 1 is 0.941 bits per heavy atom. The Hall–Kier alpha value is -4.13. The first-order valence-corrected chi connectivity index (χ1v) is 11.2. The second-order valence-corrected chi connectivity index (χ2v) is 8.16. The number of methoxy groups -OCH3 is 1. The van der Waals surface area contributed by atoms with Crippen molar-refractivity contribution in [3.8, 4) is 11.1 Å². The fraction of sp³-hybridized carbons (Fsp3) is 0.222. The summed E-state index contributed by atoms with van der Waals surface area (Å²) in [5.74, 6) is -0.576. The molecular formula is C27H27N3O4. The van der Waals surface area contributed by atoms with Crippen LogP contribution in [0.1, 0.15) is 42.2 Å². The van der Waals surface area contributed by atoms with Crippen LogP contribution in [0.3, 0.4) is 0 Å². The predicted molar refractivity (Wildman–Crippen MR) is 132 cm³/mol. The number of benzene rings is 3. The van der Waals surface area contributed by atoms with Crippen LogP contribution in [-0.2, 0) is 9.53 Å². The Bertz CT molecular complexity index is 1210. The van der Waals surface area contributed by atoms with E-state index in [0.29, 0.717) is 23.4 Å². The van der Waals surface area contributed by atoms with Gasteiger partial charge in [0.2, 0.25) is 0 Å². The third-order valence-corrected chi connectivity index (χ3v) is 6.09. The molecular weight excluding hydrogens is 430 g/mol. The molecule has 0 unspecified atom stereocenters. The lowest BCUT2D eigenvalue weighted by Gasteiger charge is -2.29. The maximum Gasteiger partial charge on any atom is 0.328 e. The van der Waals surface area contributed by atoms with Crippen LogP contribution < -0.4 is 10.6 Å². The Morgan fingerprint density at radius 2 is 1.56 bits per heavy atom. The molecule has 0 saturated heterocycles. The first-order chi connectivity index (χ1) is 16.4. The molecule has 0 aromatic heterocycles. The van der Waals surface area contributed by atoms with E-state index in [4.69, 9.17) is 4.74 Å². The fourth-order valence-electron chi connectivity index (χ4n) is 4.34. The van der Waals surface area contributed by atoms with Gasteiger partial charge < -0.3 is 20.3 Å². The molecule has 3 aromatic carbocycles. The molecule has 0 bridgehead atoms. The number of carbonyl (C=O) groups is 3. The van der Waals surface area contributed by atoms with Gasteiger partial charge in [-0.3, -0.25) is 4.79 Å². The van der Waals surface area contributed by atoms with Gasteiger partial charge in [-0.05, 0) is 60.4 Å². The molecule has 3 aromatic rings. The van der Waals surface area contributed by atoms with Gasteiger partial charge in [0.05, 0.1) is 13.2 Å². The van der Waals surface area contributed by atoms with E-state index in [9.17, 15) is 14.4 Å². The summed E-state index contributed by atoms with van der Waals surface area (Å²) in [4.78, 5) is 39.2. The highest BCUT2D eigenvalue weighted by Gasteiger charge is 2.41. The monoisotopic (exact) mass is 457 g/mol. The van der Waals surface area contributed by atoms with Crippen molar-refractivity contribution in [2.45, 2.75) is 32.4 Å². The SMILES string of the molecule is CC[C@@H](C(=O)OC)N1C(=O)c2cc(-c3ccc(NC(=O)Nc4ccccc4)cc3)ccc2[C@@H]1C. The van der Waals surface area contributed by atoms with Crippen molar-refractivity contribution >= 4 is 29.3 Å². The lowest BCUT2D eigenvalue weighted by molar-refractivity contribution is -0.146. The summed E-state index contributed by atoms with van der Waals surface area (Å²) in [6.07, 6.45) is 0.482. The van der Waals surface area contributed by atoms with E-state index in [1.54, 1.807) is 4.90 Å². The summed E-state index contributed by atoms with van der Waals surface area (Å²) in [6.45, 7) is 3.79. The zero-order valence-corrected chi connectivity index (χ0v) is 19.4. The first-order valence-electron chi connectivity index (χ1n) is 11.2. The van der Waals surface area contributed by atoms with Crippen LogP contribution in [0.25, 0.3) is 11.1 Å². The molecule has 7 heteroatoms. The lowest BCUT2D eigenvalue weighted by Crippen LogP contribution is -2.43. The van der Waals surface area contributed by atoms with Gasteiger partial charge >= 0.3 is 12.0 Å². The van der Waals surface area contributed by atoms with Crippen LogP contribution in [0.4, 0.5) is 16.2 Å². The van der Waals surface area contributed by atoms with Gasteiger partial charge in [-0.25, -0.2) is 9.59 Å². The number of fused-ring (bicyclic) bond motifs is 1. The largest absolute Gasteiger partial charge is 0.467 e. The molecule has 1 aliphatic rings. The third kappa shape index (κ3) is 4.50. The molecule has 0 spiro atoms. The number of urea groups is 1. The minimum atomic E-state index is -0.615. The van der Waals surface area contributed by atoms with Crippen molar-refractivity contribution in [3.63, 3.8) is 0 Å². The maximum atomic E-state index is 13.2. The zero-order valence-electron chi connectivity index (χ0n) is 19.4. The second-order valence-electron chi connectivity index (χ2n) is 8.16. The molecule has 1 heterocycles. The summed E-state index contributed by atoms with van der Waals surface area (Å²) in [7, 11) is 1.34. The van der Waals surface area contributed by atoms with Crippen molar-refractivity contribution in [3.05, 3.63) is 83.9 Å². The number of anilines is 2. The molecule has 0 saturated carbocycles. The number of nitrogens with zero attached hydrogens (tertiary/aromatic N) is 1. The van der Waals surface area contributed by atoms with Gasteiger partial charge in [0, 0.05) is 16.9 Å². The standard InChI is InChI=1S/C27H27N3O4/c1-4-24(26(32)34-3)30-17(2)22-15-12-19(16-23(22)25(30)31)18-10-13-21(14-11-18)29-27(33)28-20-8-6-5-7-9-20/h5-17,24H,4H2,1-3H3,(H2,28,29,33)/t17-,24-/m0/s1.